The number of nitrogens with zero attached hydrogens (tertiary/aromatic N) is 1. The van der Waals surface area contributed by atoms with Crippen molar-refractivity contribution in [3.8, 4) is 11.1 Å². The lowest BCUT2D eigenvalue weighted by molar-refractivity contribution is -0.138. The lowest BCUT2D eigenvalue weighted by Gasteiger charge is -2.35. The monoisotopic (exact) mass is 379 g/mol. The summed E-state index contributed by atoms with van der Waals surface area (Å²) in [5.74, 6) is -0.866. The van der Waals surface area contributed by atoms with Crippen LogP contribution in [0.3, 0.4) is 0 Å². The highest BCUT2D eigenvalue weighted by atomic mass is 16.6. The maximum absolute atomic E-state index is 12.8. The second-order valence-corrected chi connectivity index (χ2v) is 8.19. The number of rotatable bonds is 4. The summed E-state index contributed by atoms with van der Waals surface area (Å²) in [5.41, 5.74) is 4.23. The average Bonchev–Trinajstić information content (AvgIpc) is 3.14. The van der Waals surface area contributed by atoms with E-state index in [9.17, 15) is 9.59 Å². The summed E-state index contributed by atoms with van der Waals surface area (Å²) in [7, 11) is 0. The SMILES string of the molecule is CC1(C)C(CC(=O)O)CCN1C(=O)OCC1c2ccccc2-c2ccccc21. The number of likely N-dealkylation sites (tertiary alicyclic amines) is 1. The predicted molar refractivity (Wildman–Crippen MR) is 106 cm³/mol. The van der Waals surface area contributed by atoms with Gasteiger partial charge in [0.2, 0.25) is 0 Å². The molecule has 1 amide bonds. The van der Waals surface area contributed by atoms with Crippen LogP contribution in [0.2, 0.25) is 0 Å². The van der Waals surface area contributed by atoms with Crippen LogP contribution >= 0.6 is 0 Å². The van der Waals surface area contributed by atoms with Crippen LogP contribution in [-0.4, -0.2) is 40.8 Å². The molecule has 0 aromatic heterocycles. The molecule has 2 aliphatic rings. The number of carbonyl (C=O) groups excluding carboxylic acids is 1. The first-order valence-corrected chi connectivity index (χ1v) is 9.74. The number of carboxylic acid groups (broad SMARTS) is 1. The third-order valence-electron chi connectivity index (χ3n) is 6.37. The molecule has 1 saturated heterocycles. The van der Waals surface area contributed by atoms with Crippen LogP contribution in [0.5, 0.6) is 0 Å². The van der Waals surface area contributed by atoms with Gasteiger partial charge in [0.1, 0.15) is 6.61 Å². The number of carbonyl (C=O) groups is 2. The van der Waals surface area contributed by atoms with Gasteiger partial charge in [-0.25, -0.2) is 4.79 Å². The van der Waals surface area contributed by atoms with Crippen molar-refractivity contribution in [1.29, 1.82) is 0 Å². The van der Waals surface area contributed by atoms with Crippen molar-refractivity contribution >= 4 is 12.1 Å². The molecular formula is C23H25NO4. The number of fused-ring (bicyclic) bond motifs is 3. The molecule has 0 spiro atoms. The molecule has 5 heteroatoms. The van der Waals surface area contributed by atoms with E-state index in [1.54, 1.807) is 4.90 Å². The van der Waals surface area contributed by atoms with Crippen molar-refractivity contribution < 1.29 is 19.4 Å². The molecule has 1 aliphatic heterocycles. The summed E-state index contributed by atoms with van der Waals surface area (Å²) >= 11 is 0. The van der Waals surface area contributed by atoms with Crippen molar-refractivity contribution in [1.82, 2.24) is 4.90 Å². The van der Waals surface area contributed by atoms with E-state index < -0.39 is 11.5 Å². The number of carboxylic acids is 1. The second-order valence-electron chi connectivity index (χ2n) is 8.19. The van der Waals surface area contributed by atoms with Crippen LogP contribution in [0, 0.1) is 5.92 Å². The molecule has 146 valence electrons. The lowest BCUT2D eigenvalue weighted by atomic mass is 9.86. The van der Waals surface area contributed by atoms with E-state index in [2.05, 4.69) is 24.3 Å². The van der Waals surface area contributed by atoms with E-state index in [1.165, 1.54) is 22.3 Å². The Morgan fingerprint density at radius 2 is 1.64 bits per heavy atom. The van der Waals surface area contributed by atoms with E-state index >= 15 is 0 Å². The molecule has 0 saturated carbocycles. The van der Waals surface area contributed by atoms with Gasteiger partial charge in [0.15, 0.2) is 0 Å². The van der Waals surface area contributed by atoms with Crippen LogP contribution in [0.25, 0.3) is 11.1 Å². The van der Waals surface area contributed by atoms with Crippen molar-refractivity contribution in [3.63, 3.8) is 0 Å². The van der Waals surface area contributed by atoms with Gasteiger partial charge in [-0.15, -0.1) is 0 Å². The van der Waals surface area contributed by atoms with Gasteiger partial charge in [-0.1, -0.05) is 48.5 Å². The molecule has 0 radical (unpaired) electrons. The molecule has 1 aliphatic carbocycles. The Morgan fingerprint density at radius 1 is 1.07 bits per heavy atom. The molecule has 28 heavy (non-hydrogen) atoms. The molecule has 0 bridgehead atoms. The Bertz CT molecular complexity index is 875. The summed E-state index contributed by atoms with van der Waals surface area (Å²) in [4.78, 5) is 25.6. The molecule has 2 aromatic rings. The fourth-order valence-corrected chi connectivity index (χ4v) is 4.71. The largest absolute Gasteiger partial charge is 0.481 e. The van der Waals surface area contributed by atoms with Gasteiger partial charge in [-0.2, -0.15) is 0 Å². The molecule has 1 fully saturated rings. The predicted octanol–water partition coefficient (Wildman–Crippen LogP) is 4.51. The third-order valence-corrected chi connectivity index (χ3v) is 6.37. The Labute approximate surface area is 164 Å². The fourth-order valence-electron chi connectivity index (χ4n) is 4.71. The van der Waals surface area contributed by atoms with Gasteiger partial charge in [0, 0.05) is 18.0 Å². The quantitative estimate of drug-likeness (QED) is 0.849. The molecule has 1 unspecified atom stereocenters. The van der Waals surface area contributed by atoms with Gasteiger partial charge in [-0.05, 0) is 48.4 Å². The molecule has 2 aromatic carbocycles. The fraction of sp³-hybridized carbons (Fsp3) is 0.391. The van der Waals surface area contributed by atoms with Crippen LogP contribution in [0.4, 0.5) is 4.79 Å². The van der Waals surface area contributed by atoms with E-state index in [-0.39, 0.29) is 31.0 Å². The Morgan fingerprint density at radius 3 is 2.21 bits per heavy atom. The number of aliphatic carboxylic acids is 1. The number of hydrogen-bond donors (Lipinski definition) is 1. The molecule has 1 N–H and O–H groups in total. The van der Waals surface area contributed by atoms with Crippen LogP contribution in [0.15, 0.2) is 48.5 Å². The lowest BCUT2D eigenvalue weighted by Crippen LogP contribution is -2.47. The number of amides is 1. The maximum Gasteiger partial charge on any atom is 0.410 e. The van der Waals surface area contributed by atoms with Crippen molar-refractivity contribution in [3.05, 3.63) is 59.7 Å². The molecular weight excluding hydrogens is 354 g/mol. The van der Waals surface area contributed by atoms with Crippen molar-refractivity contribution in [2.75, 3.05) is 13.2 Å². The van der Waals surface area contributed by atoms with Gasteiger partial charge in [0.25, 0.3) is 0 Å². The molecule has 1 heterocycles. The Balaban J connectivity index is 1.49. The maximum atomic E-state index is 12.8. The topological polar surface area (TPSA) is 66.8 Å². The highest BCUT2D eigenvalue weighted by molar-refractivity contribution is 5.79. The zero-order chi connectivity index (χ0) is 19.9. The van der Waals surface area contributed by atoms with E-state index in [0.29, 0.717) is 13.0 Å². The molecule has 5 nitrogen and oxygen atoms in total. The first kappa shape index (κ1) is 18.5. The normalized spacial score (nSPS) is 19.9. The number of ether oxygens (including phenoxy) is 1. The highest BCUT2D eigenvalue weighted by Crippen LogP contribution is 2.45. The standard InChI is InChI=1S/C23H25NO4/c1-23(2)15(13-21(25)26)11-12-24(23)22(27)28-14-20-18-9-5-3-7-16(18)17-8-4-6-10-19(17)20/h3-10,15,20H,11-14H2,1-2H3,(H,25,26). The highest BCUT2D eigenvalue weighted by Gasteiger charge is 2.45. The number of hydrogen-bond acceptors (Lipinski definition) is 3. The van der Waals surface area contributed by atoms with Crippen molar-refractivity contribution in [2.45, 2.75) is 38.1 Å². The van der Waals surface area contributed by atoms with Crippen LogP contribution in [-0.2, 0) is 9.53 Å². The number of benzene rings is 2. The summed E-state index contributed by atoms with van der Waals surface area (Å²) in [6, 6.07) is 16.5. The van der Waals surface area contributed by atoms with Gasteiger partial charge in [0.05, 0.1) is 6.42 Å². The summed E-state index contributed by atoms with van der Waals surface area (Å²) in [5, 5.41) is 9.13. The van der Waals surface area contributed by atoms with Crippen LogP contribution in [0.1, 0.15) is 43.7 Å². The van der Waals surface area contributed by atoms with E-state index in [4.69, 9.17) is 9.84 Å². The van der Waals surface area contributed by atoms with Crippen molar-refractivity contribution in [2.24, 2.45) is 5.92 Å². The first-order chi connectivity index (χ1) is 13.4. The summed E-state index contributed by atoms with van der Waals surface area (Å²) in [6.07, 6.45) is 0.392. The summed E-state index contributed by atoms with van der Waals surface area (Å²) < 4.78 is 5.75. The minimum atomic E-state index is -0.826. The minimum Gasteiger partial charge on any atom is -0.481 e. The summed E-state index contributed by atoms with van der Waals surface area (Å²) in [6.45, 7) is 4.66. The van der Waals surface area contributed by atoms with E-state index in [0.717, 1.165) is 0 Å². The van der Waals surface area contributed by atoms with Crippen LogP contribution < -0.4 is 0 Å². The Hall–Kier alpha value is -2.82. The van der Waals surface area contributed by atoms with Gasteiger partial charge < -0.3 is 14.7 Å². The van der Waals surface area contributed by atoms with Gasteiger partial charge >= 0.3 is 12.1 Å². The zero-order valence-electron chi connectivity index (χ0n) is 16.2. The van der Waals surface area contributed by atoms with Gasteiger partial charge in [-0.3, -0.25) is 4.79 Å². The third kappa shape index (κ3) is 3.05. The molecule has 1 atom stereocenters. The molecule has 4 rings (SSSR count). The first-order valence-electron chi connectivity index (χ1n) is 9.74. The average molecular weight is 379 g/mol. The smallest absolute Gasteiger partial charge is 0.410 e. The zero-order valence-corrected chi connectivity index (χ0v) is 16.2. The minimum absolute atomic E-state index is 0.0249. The second kappa shape index (κ2) is 6.97. The van der Waals surface area contributed by atoms with E-state index in [1.807, 2.05) is 38.1 Å². The Kier molecular flexibility index (Phi) is 4.61.